The fourth-order valence-corrected chi connectivity index (χ4v) is 3.29. The van der Waals surface area contributed by atoms with Crippen molar-refractivity contribution in [1.82, 2.24) is 10.2 Å². The van der Waals surface area contributed by atoms with E-state index in [0.29, 0.717) is 17.1 Å². The minimum atomic E-state index is -0.129. The number of hydrogen-bond acceptors (Lipinski definition) is 4. The standard InChI is InChI=1S/C22H28N2O3/c1-16(17-7-5-4-6-8-17)23-22(25)18-9-10-20(21(15-18)26-3)27-19-11-13-24(2)14-12-19/h4-10,15-16,19H,11-14H2,1-3H3,(H,23,25). The van der Waals surface area contributed by atoms with Crippen molar-refractivity contribution in [2.24, 2.45) is 0 Å². The number of methoxy groups -OCH3 is 1. The Kier molecular flexibility index (Phi) is 6.35. The summed E-state index contributed by atoms with van der Waals surface area (Å²) in [6, 6.07) is 15.2. The minimum Gasteiger partial charge on any atom is -0.493 e. The van der Waals surface area contributed by atoms with E-state index >= 15 is 0 Å². The molecular formula is C22H28N2O3. The van der Waals surface area contributed by atoms with Crippen molar-refractivity contribution in [3.8, 4) is 11.5 Å². The van der Waals surface area contributed by atoms with Gasteiger partial charge in [0.1, 0.15) is 6.10 Å². The van der Waals surface area contributed by atoms with Gasteiger partial charge in [0.2, 0.25) is 0 Å². The summed E-state index contributed by atoms with van der Waals surface area (Å²) in [6.07, 6.45) is 2.18. The van der Waals surface area contributed by atoms with E-state index in [0.717, 1.165) is 31.5 Å². The number of carbonyl (C=O) groups is 1. The number of rotatable bonds is 6. The molecule has 1 aliphatic rings. The molecule has 0 radical (unpaired) electrons. The first-order valence-corrected chi connectivity index (χ1v) is 9.46. The fourth-order valence-electron chi connectivity index (χ4n) is 3.29. The highest BCUT2D eigenvalue weighted by Crippen LogP contribution is 2.30. The van der Waals surface area contributed by atoms with Crippen LogP contribution in [0.4, 0.5) is 0 Å². The summed E-state index contributed by atoms with van der Waals surface area (Å²) in [5, 5.41) is 3.03. The number of ether oxygens (including phenoxy) is 2. The van der Waals surface area contributed by atoms with E-state index in [-0.39, 0.29) is 18.1 Å². The molecule has 0 spiro atoms. The van der Waals surface area contributed by atoms with Crippen molar-refractivity contribution in [3.05, 3.63) is 59.7 Å². The molecule has 1 saturated heterocycles. The summed E-state index contributed by atoms with van der Waals surface area (Å²) in [7, 11) is 3.73. The van der Waals surface area contributed by atoms with Crippen molar-refractivity contribution in [2.45, 2.75) is 31.9 Å². The fraction of sp³-hybridized carbons (Fsp3) is 0.409. The highest BCUT2D eigenvalue weighted by atomic mass is 16.5. The molecule has 144 valence electrons. The van der Waals surface area contributed by atoms with Crippen LogP contribution in [0.15, 0.2) is 48.5 Å². The van der Waals surface area contributed by atoms with Gasteiger partial charge in [-0.3, -0.25) is 4.79 Å². The van der Waals surface area contributed by atoms with Crippen LogP contribution in [0.3, 0.4) is 0 Å². The first-order chi connectivity index (χ1) is 13.1. The Hall–Kier alpha value is -2.53. The number of likely N-dealkylation sites (tertiary alicyclic amines) is 1. The van der Waals surface area contributed by atoms with Crippen LogP contribution in [-0.2, 0) is 0 Å². The number of hydrogen-bond donors (Lipinski definition) is 1. The lowest BCUT2D eigenvalue weighted by Gasteiger charge is -2.29. The van der Waals surface area contributed by atoms with Gasteiger partial charge in [0.05, 0.1) is 13.2 Å². The third-order valence-electron chi connectivity index (χ3n) is 5.03. The maximum atomic E-state index is 12.6. The Balaban J connectivity index is 1.67. The Morgan fingerprint density at radius 3 is 2.48 bits per heavy atom. The summed E-state index contributed by atoms with van der Waals surface area (Å²) >= 11 is 0. The summed E-state index contributed by atoms with van der Waals surface area (Å²) in [6.45, 7) is 4.04. The predicted octanol–water partition coefficient (Wildman–Crippen LogP) is 3.66. The van der Waals surface area contributed by atoms with Crippen molar-refractivity contribution >= 4 is 5.91 Å². The van der Waals surface area contributed by atoms with Crippen LogP contribution in [0, 0.1) is 0 Å². The van der Waals surface area contributed by atoms with E-state index in [1.165, 1.54) is 0 Å². The summed E-state index contributed by atoms with van der Waals surface area (Å²) < 4.78 is 11.6. The molecule has 1 unspecified atom stereocenters. The maximum absolute atomic E-state index is 12.6. The Morgan fingerprint density at radius 2 is 1.81 bits per heavy atom. The third kappa shape index (κ3) is 5.01. The van der Waals surface area contributed by atoms with E-state index < -0.39 is 0 Å². The quantitative estimate of drug-likeness (QED) is 0.845. The second kappa shape index (κ2) is 8.91. The molecule has 1 fully saturated rings. The number of piperidine rings is 1. The summed E-state index contributed by atoms with van der Waals surface area (Å²) in [5.74, 6) is 1.16. The molecule has 5 nitrogen and oxygen atoms in total. The number of benzene rings is 2. The normalized spacial score (nSPS) is 16.6. The molecule has 0 aromatic heterocycles. The molecule has 1 heterocycles. The van der Waals surface area contributed by atoms with Crippen LogP contribution in [0.5, 0.6) is 11.5 Å². The molecule has 27 heavy (non-hydrogen) atoms. The SMILES string of the molecule is COc1cc(C(=O)NC(C)c2ccccc2)ccc1OC1CCN(C)CC1. The van der Waals surface area contributed by atoms with Crippen molar-refractivity contribution < 1.29 is 14.3 Å². The number of carbonyl (C=O) groups excluding carboxylic acids is 1. The second-order valence-electron chi connectivity index (χ2n) is 7.09. The first-order valence-electron chi connectivity index (χ1n) is 9.46. The van der Waals surface area contributed by atoms with Gasteiger partial charge in [-0.2, -0.15) is 0 Å². The molecule has 2 aromatic rings. The van der Waals surface area contributed by atoms with Crippen LogP contribution in [0.2, 0.25) is 0 Å². The maximum Gasteiger partial charge on any atom is 0.251 e. The molecule has 0 saturated carbocycles. The highest BCUT2D eigenvalue weighted by Gasteiger charge is 2.20. The van der Waals surface area contributed by atoms with Gasteiger partial charge in [-0.25, -0.2) is 0 Å². The minimum absolute atomic E-state index is 0.0696. The highest BCUT2D eigenvalue weighted by molar-refractivity contribution is 5.95. The lowest BCUT2D eigenvalue weighted by Crippen LogP contribution is -2.35. The molecule has 1 aliphatic heterocycles. The van der Waals surface area contributed by atoms with Gasteiger partial charge in [-0.15, -0.1) is 0 Å². The second-order valence-corrected chi connectivity index (χ2v) is 7.09. The zero-order chi connectivity index (χ0) is 19.2. The van der Waals surface area contributed by atoms with Crippen LogP contribution in [-0.4, -0.2) is 44.2 Å². The Morgan fingerprint density at radius 1 is 1.11 bits per heavy atom. The van der Waals surface area contributed by atoms with Crippen LogP contribution < -0.4 is 14.8 Å². The summed E-state index contributed by atoms with van der Waals surface area (Å²) in [4.78, 5) is 14.9. The average molecular weight is 368 g/mol. The zero-order valence-electron chi connectivity index (χ0n) is 16.3. The number of nitrogens with one attached hydrogen (secondary N) is 1. The van der Waals surface area contributed by atoms with Crippen LogP contribution in [0.1, 0.15) is 41.7 Å². The van der Waals surface area contributed by atoms with Crippen LogP contribution >= 0.6 is 0 Å². The number of nitrogens with zero attached hydrogens (tertiary/aromatic N) is 1. The molecule has 2 aromatic carbocycles. The van der Waals surface area contributed by atoms with E-state index in [1.54, 1.807) is 19.2 Å². The Labute approximate surface area is 161 Å². The van der Waals surface area contributed by atoms with Crippen molar-refractivity contribution in [3.63, 3.8) is 0 Å². The molecule has 1 amide bonds. The topological polar surface area (TPSA) is 50.8 Å². The molecular weight excluding hydrogens is 340 g/mol. The van der Waals surface area contributed by atoms with Crippen LogP contribution in [0.25, 0.3) is 0 Å². The van der Waals surface area contributed by atoms with Gasteiger partial charge in [0.25, 0.3) is 5.91 Å². The Bertz CT molecular complexity index is 755. The van der Waals surface area contributed by atoms with Gasteiger partial charge < -0.3 is 19.7 Å². The lowest BCUT2D eigenvalue weighted by molar-refractivity contribution is 0.0939. The molecule has 0 bridgehead atoms. The van der Waals surface area contributed by atoms with E-state index in [4.69, 9.17) is 9.47 Å². The van der Waals surface area contributed by atoms with E-state index in [2.05, 4.69) is 17.3 Å². The number of amides is 1. The van der Waals surface area contributed by atoms with Gasteiger partial charge in [0.15, 0.2) is 11.5 Å². The average Bonchev–Trinajstić information content (AvgIpc) is 2.70. The molecule has 3 rings (SSSR count). The predicted molar refractivity (Wildman–Crippen MR) is 106 cm³/mol. The van der Waals surface area contributed by atoms with Gasteiger partial charge in [-0.1, -0.05) is 30.3 Å². The van der Waals surface area contributed by atoms with Crippen molar-refractivity contribution in [2.75, 3.05) is 27.2 Å². The molecule has 1 atom stereocenters. The smallest absolute Gasteiger partial charge is 0.251 e. The molecule has 0 aliphatic carbocycles. The van der Waals surface area contributed by atoms with Gasteiger partial charge in [-0.05, 0) is 50.6 Å². The first kappa shape index (κ1) is 19.2. The molecule has 1 N–H and O–H groups in total. The lowest BCUT2D eigenvalue weighted by atomic mass is 10.1. The van der Waals surface area contributed by atoms with Gasteiger partial charge >= 0.3 is 0 Å². The van der Waals surface area contributed by atoms with Gasteiger partial charge in [0, 0.05) is 18.7 Å². The zero-order valence-corrected chi connectivity index (χ0v) is 16.3. The molecule has 5 heteroatoms. The largest absolute Gasteiger partial charge is 0.493 e. The van der Waals surface area contributed by atoms with E-state index in [9.17, 15) is 4.79 Å². The third-order valence-corrected chi connectivity index (χ3v) is 5.03. The van der Waals surface area contributed by atoms with Crippen molar-refractivity contribution in [1.29, 1.82) is 0 Å². The monoisotopic (exact) mass is 368 g/mol. The van der Waals surface area contributed by atoms with E-state index in [1.807, 2.05) is 43.3 Å². The summed E-state index contributed by atoms with van der Waals surface area (Å²) in [5.41, 5.74) is 1.63.